The normalized spacial score (nSPS) is 11.7. The van der Waals surface area contributed by atoms with E-state index >= 15 is 0 Å². The van der Waals surface area contributed by atoms with Crippen molar-refractivity contribution in [3.63, 3.8) is 0 Å². The molecule has 0 aliphatic carbocycles. The third-order valence-corrected chi connectivity index (χ3v) is 5.33. The van der Waals surface area contributed by atoms with Crippen molar-refractivity contribution in [2.45, 2.75) is 39.3 Å². The molecule has 148 valence electrons. The number of aromatic nitrogens is 2. The van der Waals surface area contributed by atoms with Gasteiger partial charge in [0.1, 0.15) is 18.2 Å². The third kappa shape index (κ3) is 4.46. The van der Waals surface area contributed by atoms with Crippen molar-refractivity contribution < 1.29 is 4.74 Å². The van der Waals surface area contributed by atoms with Crippen LogP contribution in [0.15, 0.2) is 72.8 Å². The molecular weight excluding hydrogens is 380 g/mol. The summed E-state index contributed by atoms with van der Waals surface area (Å²) in [6.45, 7) is 7.85. The predicted molar refractivity (Wildman–Crippen MR) is 120 cm³/mol. The minimum Gasteiger partial charge on any atom is -0.486 e. The Morgan fingerprint density at radius 2 is 1.59 bits per heavy atom. The average molecular weight is 405 g/mol. The Bertz CT molecular complexity index is 1110. The molecule has 4 rings (SSSR count). The molecule has 29 heavy (non-hydrogen) atoms. The highest BCUT2D eigenvalue weighted by Gasteiger charge is 2.15. The van der Waals surface area contributed by atoms with Crippen LogP contribution < -0.4 is 4.74 Å². The van der Waals surface area contributed by atoms with Crippen LogP contribution in [0.25, 0.3) is 11.0 Å². The second-order valence-electron chi connectivity index (χ2n) is 8.29. The fraction of sp³-hybridized carbons (Fsp3) is 0.240. The maximum Gasteiger partial charge on any atom is 0.148 e. The zero-order valence-corrected chi connectivity index (χ0v) is 17.8. The van der Waals surface area contributed by atoms with E-state index in [9.17, 15) is 0 Å². The molecule has 0 amide bonds. The standard InChI is InChI=1S/C25H25ClN2O/c1-25(2,3)19-10-8-18(9-11-19)16-28-23-7-5-4-6-22(23)27-24(28)17-29-21-14-12-20(26)13-15-21/h4-15H,16-17H2,1-3H3. The van der Waals surface area contributed by atoms with E-state index in [1.54, 1.807) is 0 Å². The molecule has 0 fully saturated rings. The number of imidazole rings is 1. The monoisotopic (exact) mass is 404 g/mol. The van der Waals surface area contributed by atoms with Gasteiger partial charge in [0.25, 0.3) is 0 Å². The lowest BCUT2D eigenvalue weighted by Crippen LogP contribution is -2.11. The van der Waals surface area contributed by atoms with Crippen LogP contribution in [0.5, 0.6) is 5.75 Å². The number of benzene rings is 3. The molecule has 0 bridgehead atoms. The van der Waals surface area contributed by atoms with Crippen molar-refractivity contribution in [2.75, 3.05) is 0 Å². The lowest BCUT2D eigenvalue weighted by atomic mass is 9.87. The molecule has 1 heterocycles. The first-order chi connectivity index (χ1) is 13.9. The molecule has 3 aromatic carbocycles. The first-order valence-electron chi connectivity index (χ1n) is 9.82. The van der Waals surface area contributed by atoms with E-state index in [2.05, 4.69) is 55.7 Å². The SMILES string of the molecule is CC(C)(C)c1ccc(Cn2c(COc3ccc(Cl)cc3)nc3ccccc32)cc1. The van der Waals surface area contributed by atoms with Gasteiger partial charge in [-0.25, -0.2) is 4.98 Å². The summed E-state index contributed by atoms with van der Waals surface area (Å²) in [7, 11) is 0. The van der Waals surface area contributed by atoms with E-state index in [1.807, 2.05) is 42.5 Å². The van der Waals surface area contributed by atoms with Crippen molar-refractivity contribution in [1.82, 2.24) is 9.55 Å². The number of halogens is 1. The Labute approximate surface area is 176 Å². The predicted octanol–water partition coefficient (Wildman–Crippen LogP) is 6.61. The highest BCUT2D eigenvalue weighted by Crippen LogP contribution is 2.24. The van der Waals surface area contributed by atoms with E-state index in [4.69, 9.17) is 21.3 Å². The highest BCUT2D eigenvalue weighted by atomic mass is 35.5. The van der Waals surface area contributed by atoms with Crippen LogP contribution in [-0.4, -0.2) is 9.55 Å². The Morgan fingerprint density at radius 3 is 2.28 bits per heavy atom. The molecule has 0 saturated heterocycles. The third-order valence-electron chi connectivity index (χ3n) is 5.08. The van der Waals surface area contributed by atoms with Crippen LogP contribution in [0.2, 0.25) is 5.02 Å². The first-order valence-corrected chi connectivity index (χ1v) is 10.2. The number of hydrogen-bond donors (Lipinski definition) is 0. The largest absolute Gasteiger partial charge is 0.486 e. The van der Waals surface area contributed by atoms with Gasteiger partial charge < -0.3 is 9.30 Å². The second-order valence-corrected chi connectivity index (χ2v) is 8.73. The summed E-state index contributed by atoms with van der Waals surface area (Å²) < 4.78 is 8.21. The maximum atomic E-state index is 5.98. The Balaban J connectivity index is 1.62. The topological polar surface area (TPSA) is 27.1 Å². The minimum absolute atomic E-state index is 0.151. The van der Waals surface area contributed by atoms with Crippen LogP contribution in [0.3, 0.4) is 0 Å². The lowest BCUT2D eigenvalue weighted by Gasteiger charge is -2.19. The van der Waals surface area contributed by atoms with Gasteiger partial charge >= 0.3 is 0 Å². The van der Waals surface area contributed by atoms with Crippen molar-refractivity contribution >= 4 is 22.6 Å². The van der Waals surface area contributed by atoms with Gasteiger partial charge in [-0.2, -0.15) is 0 Å². The van der Waals surface area contributed by atoms with Crippen LogP contribution >= 0.6 is 11.6 Å². The van der Waals surface area contributed by atoms with E-state index in [0.717, 1.165) is 29.2 Å². The fourth-order valence-corrected chi connectivity index (χ4v) is 3.51. The van der Waals surface area contributed by atoms with Gasteiger partial charge in [-0.3, -0.25) is 0 Å². The van der Waals surface area contributed by atoms with Gasteiger partial charge in [-0.15, -0.1) is 0 Å². The summed E-state index contributed by atoms with van der Waals surface area (Å²) in [5.74, 6) is 1.68. The van der Waals surface area contributed by atoms with Crippen molar-refractivity contribution in [1.29, 1.82) is 0 Å². The molecule has 0 spiro atoms. The first kappa shape index (κ1) is 19.5. The number of ether oxygens (including phenoxy) is 1. The molecule has 0 N–H and O–H groups in total. The summed E-state index contributed by atoms with van der Waals surface area (Å²) in [4.78, 5) is 4.81. The van der Waals surface area contributed by atoms with Gasteiger partial charge in [0.15, 0.2) is 0 Å². The Morgan fingerprint density at radius 1 is 0.897 bits per heavy atom. The van der Waals surface area contributed by atoms with Gasteiger partial charge in [0, 0.05) is 11.6 Å². The van der Waals surface area contributed by atoms with Gasteiger partial charge in [-0.1, -0.05) is 68.8 Å². The fourth-order valence-electron chi connectivity index (χ4n) is 3.38. The molecular formula is C25H25ClN2O. The zero-order valence-electron chi connectivity index (χ0n) is 17.0. The molecule has 0 atom stereocenters. The van der Waals surface area contributed by atoms with Gasteiger partial charge in [0.05, 0.1) is 11.0 Å². The van der Waals surface area contributed by atoms with E-state index in [-0.39, 0.29) is 5.41 Å². The molecule has 4 aromatic rings. The average Bonchev–Trinajstić information content (AvgIpc) is 3.05. The summed E-state index contributed by atoms with van der Waals surface area (Å²) in [6.07, 6.45) is 0. The Kier molecular flexibility index (Phi) is 5.33. The summed E-state index contributed by atoms with van der Waals surface area (Å²) in [5, 5.41) is 0.697. The van der Waals surface area contributed by atoms with Gasteiger partial charge in [0.2, 0.25) is 0 Å². The van der Waals surface area contributed by atoms with Crippen molar-refractivity contribution in [3.05, 3.63) is 94.8 Å². The van der Waals surface area contributed by atoms with Crippen LogP contribution in [0.4, 0.5) is 0 Å². The summed E-state index contributed by atoms with van der Waals surface area (Å²) in [6, 6.07) is 24.5. The molecule has 0 aliphatic rings. The number of nitrogens with zero attached hydrogens (tertiary/aromatic N) is 2. The number of rotatable bonds is 5. The molecule has 3 nitrogen and oxygen atoms in total. The summed E-state index contributed by atoms with van der Waals surface area (Å²) in [5.41, 5.74) is 4.82. The van der Waals surface area contributed by atoms with Crippen LogP contribution in [0, 0.1) is 0 Å². The number of fused-ring (bicyclic) bond motifs is 1. The van der Waals surface area contributed by atoms with Crippen LogP contribution in [0.1, 0.15) is 37.7 Å². The Hall–Kier alpha value is -2.78. The molecule has 0 aliphatic heterocycles. The second kappa shape index (κ2) is 7.92. The van der Waals surface area contributed by atoms with Crippen molar-refractivity contribution in [3.8, 4) is 5.75 Å². The van der Waals surface area contributed by atoms with E-state index in [1.165, 1.54) is 11.1 Å². The molecule has 0 unspecified atom stereocenters. The minimum atomic E-state index is 0.151. The van der Waals surface area contributed by atoms with Gasteiger partial charge in [-0.05, 0) is 52.9 Å². The van der Waals surface area contributed by atoms with Crippen molar-refractivity contribution in [2.24, 2.45) is 0 Å². The quantitative estimate of drug-likeness (QED) is 0.374. The smallest absolute Gasteiger partial charge is 0.148 e. The van der Waals surface area contributed by atoms with Crippen LogP contribution in [-0.2, 0) is 18.6 Å². The van der Waals surface area contributed by atoms with E-state index < -0.39 is 0 Å². The zero-order chi connectivity index (χ0) is 20.4. The molecule has 4 heteroatoms. The summed E-state index contributed by atoms with van der Waals surface area (Å²) >= 11 is 5.96. The van der Waals surface area contributed by atoms with E-state index in [0.29, 0.717) is 11.6 Å². The maximum absolute atomic E-state index is 5.98. The molecule has 0 saturated carbocycles. The lowest BCUT2D eigenvalue weighted by molar-refractivity contribution is 0.291. The highest BCUT2D eigenvalue weighted by molar-refractivity contribution is 6.30. The molecule has 0 radical (unpaired) electrons. The number of para-hydroxylation sites is 2. The number of hydrogen-bond acceptors (Lipinski definition) is 2. The molecule has 1 aromatic heterocycles.